The summed E-state index contributed by atoms with van der Waals surface area (Å²) in [5.41, 5.74) is 0.757. The molecule has 0 amide bonds. The molecule has 154 valence electrons. The summed E-state index contributed by atoms with van der Waals surface area (Å²) in [4.78, 5) is 5.74. The average molecular weight is 422 g/mol. The predicted molar refractivity (Wildman–Crippen MR) is 104 cm³/mol. The molecule has 5 rings (SSSR count). The van der Waals surface area contributed by atoms with Gasteiger partial charge in [0.1, 0.15) is 6.17 Å². The Labute approximate surface area is 171 Å². The summed E-state index contributed by atoms with van der Waals surface area (Å²) < 4.78 is 45.6. The summed E-state index contributed by atoms with van der Waals surface area (Å²) >= 11 is 1.46. The van der Waals surface area contributed by atoms with Crippen LogP contribution in [0.25, 0.3) is 0 Å². The van der Waals surface area contributed by atoms with E-state index in [1.54, 1.807) is 6.92 Å². The Morgan fingerprint density at radius 2 is 1.76 bits per heavy atom. The molecule has 0 bridgehead atoms. The first-order valence-corrected chi connectivity index (χ1v) is 10.4. The molecule has 0 aliphatic carbocycles. The van der Waals surface area contributed by atoms with Crippen molar-refractivity contribution in [1.82, 2.24) is 4.90 Å². The number of anilines is 2. The Bertz CT molecular complexity index is 938. The molecule has 29 heavy (non-hydrogen) atoms. The highest BCUT2D eigenvalue weighted by Crippen LogP contribution is 2.52. The fourth-order valence-corrected chi connectivity index (χ4v) is 5.56. The number of halogens is 3. The van der Waals surface area contributed by atoms with Gasteiger partial charge in [-0.25, -0.2) is 0 Å². The molecular weight excluding hydrogens is 401 g/mol. The Kier molecular flexibility index (Phi) is 4.40. The van der Waals surface area contributed by atoms with Crippen molar-refractivity contribution in [3.05, 3.63) is 48.0 Å². The summed E-state index contributed by atoms with van der Waals surface area (Å²) in [6, 6.07) is 11.5. The van der Waals surface area contributed by atoms with Crippen LogP contribution in [0.1, 0.15) is 12.5 Å². The fraction of sp³-hybridized carbons (Fsp3) is 0.429. The maximum absolute atomic E-state index is 13.4. The third-order valence-corrected chi connectivity index (χ3v) is 6.98. The monoisotopic (exact) mass is 422 g/mol. The number of hydrogen-bond acceptors (Lipinski definition) is 5. The van der Waals surface area contributed by atoms with Crippen LogP contribution in [0.2, 0.25) is 0 Å². The van der Waals surface area contributed by atoms with Gasteiger partial charge in [0.05, 0.1) is 36.3 Å². The van der Waals surface area contributed by atoms with Crippen molar-refractivity contribution in [3.8, 4) is 0 Å². The smallest absolute Gasteiger partial charge is 0.390 e. The molecule has 0 saturated carbocycles. The molecule has 2 aromatic rings. The summed E-state index contributed by atoms with van der Waals surface area (Å²) in [7, 11) is 0. The van der Waals surface area contributed by atoms with Crippen LogP contribution < -0.4 is 4.90 Å². The first-order chi connectivity index (χ1) is 13.8. The number of benzene rings is 2. The first kappa shape index (κ1) is 19.2. The van der Waals surface area contributed by atoms with Crippen LogP contribution in [0.15, 0.2) is 52.3 Å². The average Bonchev–Trinajstić information content (AvgIpc) is 2.60. The van der Waals surface area contributed by atoms with E-state index >= 15 is 0 Å². The molecule has 0 radical (unpaired) electrons. The third kappa shape index (κ3) is 3.13. The van der Waals surface area contributed by atoms with Crippen molar-refractivity contribution in [1.29, 1.82) is 0 Å². The van der Waals surface area contributed by atoms with E-state index in [0.717, 1.165) is 34.6 Å². The fourth-order valence-electron chi connectivity index (χ4n) is 4.50. The molecule has 3 aliphatic rings. The second-order valence-electron chi connectivity index (χ2n) is 8.17. The lowest BCUT2D eigenvalue weighted by molar-refractivity contribution is -0.204. The summed E-state index contributed by atoms with van der Waals surface area (Å²) in [5.74, 6) is 0. The van der Waals surface area contributed by atoms with E-state index in [1.165, 1.54) is 23.9 Å². The SMILES string of the molecule is CC(O)C(N1CC2(COC2)C1)N1c2ccccc2Sc2ccc(C(F)(F)F)cc21. The van der Waals surface area contributed by atoms with Crippen molar-refractivity contribution < 1.29 is 23.0 Å². The lowest BCUT2D eigenvalue weighted by Gasteiger charge is -2.59. The Morgan fingerprint density at radius 1 is 1.07 bits per heavy atom. The van der Waals surface area contributed by atoms with E-state index in [4.69, 9.17) is 4.74 Å². The number of fused-ring (bicyclic) bond motifs is 2. The van der Waals surface area contributed by atoms with Crippen molar-refractivity contribution >= 4 is 23.1 Å². The lowest BCUT2D eigenvalue weighted by Crippen LogP contribution is -2.71. The minimum absolute atomic E-state index is 0.133. The second kappa shape index (κ2) is 6.63. The molecule has 3 aliphatic heterocycles. The van der Waals surface area contributed by atoms with Gasteiger partial charge in [0.25, 0.3) is 0 Å². The number of rotatable bonds is 3. The first-order valence-electron chi connectivity index (χ1n) is 9.55. The summed E-state index contributed by atoms with van der Waals surface area (Å²) in [5, 5.41) is 10.7. The lowest BCUT2D eigenvalue weighted by atomic mass is 9.77. The molecule has 4 nitrogen and oxygen atoms in total. The van der Waals surface area contributed by atoms with E-state index in [2.05, 4.69) is 4.90 Å². The van der Waals surface area contributed by atoms with Gasteiger partial charge < -0.3 is 14.7 Å². The van der Waals surface area contributed by atoms with E-state index in [9.17, 15) is 18.3 Å². The van der Waals surface area contributed by atoms with Crippen LogP contribution in [0.5, 0.6) is 0 Å². The van der Waals surface area contributed by atoms with Crippen molar-refractivity contribution in [2.45, 2.75) is 35.2 Å². The molecule has 8 heteroatoms. The van der Waals surface area contributed by atoms with Crippen molar-refractivity contribution in [3.63, 3.8) is 0 Å². The highest BCUT2D eigenvalue weighted by molar-refractivity contribution is 7.99. The molecule has 2 unspecified atom stereocenters. The minimum Gasteiger partial charge on any atom is -0.390 e. The minimum atomic E-state index is -4.42. The van der Waals surface area contributed by atoms with E-state index in [0.29, 0.717) is 18.9 Å². The second-order valence-corrected chi connectivity index (χ2v) is 9.26. The van der Waals surface area contributed by atoms with Gasteiger partial charge in [-0.3, -0.25) is 4.90 Å². The molecule has 0 aromatic heterocycles. The zero-order valence-corrected chi connectivity index (χ0v) is 16.6. The molecule has 1 N–H and O–H groups in total. The molecule has 2 atom stereocenters. The normalized spacial score (nSPS) is 22.3. The number of likely N-dealkylation sites (tertiary alicyclic amines) is 1. The zero-order chi connectivity index (χ0) is 20.4. The highest BCUT2D eigenvalue weighted by atomic mass is 32.2. The number of para-hydroxylation sites is 1. The molecule has 1 spiro atoms. The van der Waals surface area contributed by atoms with Gasteiger partial charge in [0.2, 0.25) is 0 Å². The van der Waals surface area contributed by atoms with E-state index in [-0.39, 0.29) is 5.41 Å². The summed E-state index contributed by atoms with van der Waals surface area (Å²) in [6.45, 7) is 4.64. The number of ether oxygens (including phenoxy) is 1. The Morgan fingerprint density at radius 3 is 2.38 bits per heavy atom. The third-order valence-electron chi connectivity index (χ3n) is 5.85. The number of alkyl halides is 3. The van der Waals surface area contributed by atoms with Crippen LogP contribution in [0.4, 0.5) is 24.5 Å². The van der Waals surface area contributed by atoms with Gasteiger partial charge in [-0.05, 0) is 37.3 Å². The standard InChI is InChI=1S/C21H21F3N2O2S/c1-13(27)19(25-9-20(10-25)11-28-12-20)26-15-4-2-3-5-17(15)29-18-7-6-14(8-16(18)26)21(22,23)24/h2-8,13,19,27H,9-12H2,1H3. The quantitative estimate of drug-likeness (QED) is 0.796. The van der Waals surface area contributed by atoms with Gasteiger partial charge in [-0.15, -0.1) is 0 Å². The maximum atomic E-state index is 13.4. The van der Waals surface area contributed by atoms with Crippen molar-refractivity contribution in [2.24, 2.45) is 5.41 Å². The van der Waals surface area contributed by atoms with E-state index < -0.39 is 24.0 Å². The maximum Gasteiger partial charge on any atom is 0.416 e. The van der Waals surface area contributed by atoms with Crippen LogP contribution in [-0.4, -0.2) is 48.6 Å². The number of aliphatic hydroxyl groups is 1. The van der Waals surface area contributed by atoms with Crippen LogP contribution in [0, 0.1) is 5.41 Å². The summed E-state index contributed by atoms with van der Waals surface area (Å²) in [6.07, 6.45) is -5.63. The number of aliphatic hydroxyl groups excluding tert-OH is 1. The van der Waals surface area contributed by atoms with Gasteiger partial charge in [-0.1, -0.05) is 23.9 Å². The molecular formula is C21H21F3N2O2S. The van der Waals surface area contributed by atoms with Crippen LogP contribution in [0.3, 0.4) is 0 Å². The predicted octanol–water partition coefficient (Wildman–Crippen LogP) is 4.35. The molecule has 2 aromatic carbocycles. The van der Waals surface area contributed by atoms with Crippen molar-refractivity contribution in [2.75, 3.05) is 31.2 Å². The largest absolute Gasteiger partial charge is 0.416 e. The van der Waals surface area contributed by atoms with Gasteiger partial charge in [-0.2, -0.15) is 13.2 Å². The van der Waals surface area contributed by atoms with Gasteiger partial charge in [0.15, 0.2) is 0 Å². The number of nitrogens with zero attached hydrogens (tertiary/aromatic N) is 2. The molecule has 2 saturated heterocycles. The van der Waals surface area contributed by atoms with Gasteiger partial charge >= 0.3 is 6.18 Å². The zero-order valence-electron chi connectivity index (χ0n) is 15.8. The highest BCUT2D eigenvalue weighted by Gasteiger charge is 2.53. The van der Waals surface area contributed by atoms with Crippen LogP contribution >= 0.6 is 11.8 Å². The molecule has 2 fully saturated rings. The molecule has 3 heterocycles. The Balaban J connectivity index is 1.60. The topological polar surface area (TPSA) is 35.9 Å². The Hall–Kier alpha value is -1.74. The number of hydrogen-bond donors (Lipinski definition) is 1. The van der Waals surface area contributed by atoms with Crippen LogP contribution in [-0.2, 0) is 10.9 Å². The van der Waals surface area contributed by atoms with Gasteiger partial charge in [0, 0.05) is 28.3 Å². The van der Waals surface area contributed by atoms with E-state index in [1.807, 2.05) is 29.2 Å².